The highest BCUT2D eigenvalue weighted by atomic mass is 16.6. The van der Waals surface area contributed by atoms with Gasteiger partial charge in [0.25, 0.3) is 0 Å². The topological polar surface area (TPSA) is 227 Å². The number of aliphatic carboxylic acids is 2. The molecule has 0 atom stereocenters. The minimum Gasteiger partial charge on any atom is -0.508 e. The summed E-state index contributed by atoms with van der Waals surface area (Å²) in [5, 5.41) is 54.1. The number of phenols is 4. The first-order chi connectivity index (χ1) is 26.8. The van der Waals surface area contributed by atoms with E-state index >= 15 is 0 Å². The second-order valence-corrected chi connectivity index (χ2v) is 12.8. The summed E-state index contributed by atoms with van der Waals surface area (Å²) in [6.45, 7) is 0. The Morgan fingerprint density at radius 1 is 0.411 bits per heavy atom. The summed E-state index contributed by atoms with van der Waals surface area (Å²) < 4.78 is 23.6. The number of aromatic hydroxyl groups is 4. The van der Waals surface area contributed by atoms with Gasteiger partial charge in [0, 0.05) is 57.6 Å². The van der Waals surface area contributed by atoms with Crippen LogP contribution in [0.1, 0.15) is 54.1 Å². The predicted molar refractivity (Wildman–Crippen MR) is 191 cm³/mol. The first-order valence-corrected chi connectivity index (χ1v) is 16.6. The van der Waals surface area contributed by atoms with Crippen LogP contribution in [0, 0.1) is 0 Å². The predicted octanol–water partition coefficient (Wildman–Crippen LogP) is 6.49. The van der Waals surface area contributed by atoms with Crippen molar-refractivity contribution in [1.29, 1.82) is 0 Å². The molecule has 4 aliphatic heterocycles. The van der Waals surface area contributed by atoms with Crippen LogP contribution in [0.4, 0.5) is 0 Å². The number of hydrogen-bond acceptors (Lipinski definition) is 12. The van der Waals surface area contributed by atoms with Gasteiger partial charge in [-0.1, -0.05) is 36.4 Å². The van der Waals surface area contributed by atoms with Crippen molar-refractivity contribution in [2.45, 2.75) is 11.2 Å². The molecule has 4 heterocycles. The van der Waals surface area contributed by atoms with Gasteiger partial charge in [-0.3, -0.25) is 0 Å². The van der Waals surface area contributed by atoms with E-state index in [0.717, 1.165) is 0 Å². The molecule has 278 valence electrons. The van der Waals surface area contributed by atoms with Crippen molar-refractivity contribution in [1.82, 2.24) is 0 Å². The zero-order chi connectivity index (χ0) is 39.5. The van der Waals surface area contributed by atoms with Crippen LogP contribution < -0.4 is 9.47 Å². The van der Waals surface area contributed by atoms with E-state index in [1.54, 1.807) is 48.5 Å². The fourth-order valence-electron chi connectivity index (χ4n) is 7.31. The second-order valence-electron chi connectivity index (χ2n) is 12.8. The molecule has 14 nitrogen and oxygen atoms in total. The third-order valence-electron chi connectivity index (χ3n) is 9.54. The van der Waals surface area contributed by atoms with E-state index in [4.69, 9.17) is 38.7 Å². The molecule has 14 heteroatoms. The monoisotopic (exact) mass is 754 g/mol. The third kappa shape index (κ3) is 5.35. The average Bonchev–Trinajstić information content (AvgIpc) is 3.63. The average molecular weight is 755 g/mol. The van der Waals surface area contributed by atoms with Gasteiger partial charge in [-0.2, -0.15) is 0 Å². The van der Waals surface area contributed by atoms with Crippen molar-refractivity contribution in [3.8, 4) is 46.0 Å². The number of rotatable bonds is 0. The molecule has 0 amide bonds. The molecular formula is C42H26O14. The Morgan fingerprint density at radius 3 is 0.982 bits per heavy atom. The molecule has 0 saturated carbocycles. The Bertz CT molecular complexity index is 2380. The molecule has 0 aromatic heterocycles. The molecule has 0 unspecified atom stereocenters. The first-order valence-electron chi connectivity index (χ1n) is 16.6. The highest BCUT2D eigenvalue weighted by molar-refractivity contribution is 6.27. The number of esters is 2. The lowest BCUT2D eigenvalue weighted by molar-refractivity contribution is -0.159. The summed E-state index contributed by atoms with van der Waals surface area (Å²) in [5.74, 6) is -2.83. The molecule has 6 N–H and O–H groups in total. The molecule has 6 aromatic carbocycles. The van der Waals surface area contributed by atoms with Gasteiger partial charge in [0.05, 0.1) is 11.1 Å². The number of carbonyl (C=O) groups excluding carboxylic acids is 2. The molecule has 4 aliphatic rings. The van der Waals surface area contributed by atoms with Crippen LogP contribution in [0.25, 0.3) is 0 Å². The van der Waals surface area contributed by atoms with E-state index in [-0.39, 0.29) is 23.0 Å². The fourth-order valence-corrected chi connectivity index (χ4v) is 7.31. The Morgan fingerprint density at radius 2 is 0.696 bits per heavy atom. The van der Waals surface area contributed by atoms with Crippen molar-refractivity contribution < 1.29 is 68.8 Å². The van der Waals surface area contributed by atoms with Gasteiger partial charge in [-0.05, 0) is 60.7 Å². The van der Waals surface area contributed by atoms with Crippen molar-refractivity contribution in [2.24, 2.45) is 0 Å². The molecule has 0 radical (unpaired) electrons. The molecule has 10 rings (SSSR count). The number of fused-ring (bicyclic) bond motifs is 12. The zero-order valence-corrected chi connectivity index (χ0v) is 28.5. The van der Waals surface area contributed by atoms with E-state index in [2.05, 4.69) is 0 Å². The Balaban J connectivity index is 0.000000138. The van der Waals surface area contributed by atoms with Crippen LogP contribution in [-0.4, -0.2) is 54.5 Å². The smallest absolute Gasteiger partial charge is 0.414 e. The van der Waals surface area contributed by atoms with Crippen molar-refractivity contribution in [2.75, 3.05) is 0 Å². The Labute approximate surface area is 315 Å². The van der Waals surface area contributed by atoms with Crippen LogP contribution in [0.15, 0.2) is 121 Å². The molecule has 0 aliphatic carbocycles. The molecule has 0 saturated heterocycles. The summed E-state index contributed by atoms with van der Waals surface area (Å²) in [7, 11) is 0. The van der Waals surface area contributed by atoms with Gasteiger partial charge in [-0.25, -0.2) is 19.2 Å². The summed E-state index contributed by atoms with van der Waals surface area (Å²) in [5.41, 5.74) is 2.57. The lowest BCUT2D eigenvalue weighted by Crippen LogP contribution is -2.32. The normalized spacial score (nSPS) is 14.9. The van der Waals surface area contributed by atoms with E-state index in [0.29, 0.717) is 67.5 Å². The molecule has 56 heavy (non-hydrogen) atoms. The maximum atomic E-state index is 12.5. The zero-order valence-electron chi connectivity index (χ0n) is 28.5. The van der Waals surface area contributed by atoms with E-state index in [1.807, 2.05) is 24.3 Å². The number of ether oxygens (including phenoxy) is 4. The number of phenolic OH excluding ortho intramolecular Hbond substituents is 4. The number of carboxylic acid groups (broad SMARTS) is 2. The standard InChI is InChI=1S/2C20H12O5.C2H2O4/c2*21-11-5-7-15-17(9-11)24-18-10-12(22)6-8-16(18)20(15)14-4-2-1-3-13(14)19(23)25-20;3-1(4)2(5)6/h2*1-10,21-22H;(H,3,4)(H,5,6). The third-order valence-corrected chi connectivity index (χ3v) is 9.54. The Hall–Kier alpha value is -8.00. The van der Waals surface area contributed by atoms with Gasteiger partial charge in [-0.15, -0.1) is 0 Å². The lowest BCUT2D eigenvalue weighted by atomic mass is 9.77. The summed E-state index contributed by atoms with van der Waals surface area (Å²) in [6, 6.07) is 33.2. The van der Waals surface area contributed by atoms with E-state index in [1.165, 1.54) is 48.5 Å². The molecule has 6 aromatic rings. The number of carbonyl (C=O) groups is 4. The SMILES string of the molecule is O=C(O)C(=O)O.O=C1OC2(c3ccc(O)cc3Oc3cc(O)ccc32)c2ccccc21.O=C1OC2(c3ccc(O)cc3Oc3cc(O)ccc32)c2ccccc21. The summed E-state index contributed by atoms with van der Waals surface area (Å²) in [6.07, 6.45) is 0. The second kappa shape index (κ2) is 12.8. The van der Waals surface area contributed by atoms with Crippen molar-refractivity contribution in [3.05, 3.63) is 166 Å². The van der Waals surface area contributed by atoms with Crippen LogP contribution in [-0.2, 0) is 30.3 Å². The first kappa shape index (κ1) is 35.1. The highest BCUT2D eigenvalue weighted by Gasteiger charge is 2.55. The maximum absolute atomic E-state index is 12.5. The van der Waals surface area contributed by atoms with Crippen LogP contribution in [0.5, 0.6) is 46.0 Å². The quantitative estimate of drug-likeness (QED) is 0.0720. The number of hydrogen-bond donors (Lipinski definition) is 6. The summed E-state index contributed by atoms with van der Waals surface area (Å²) in [4.78, 5) is 43.3. The van der Waals surface area contributed by atoms with E-state index in [9.17, 15) is 30.0 Å². The van der Waals surface area contributed by atoms with Gasteiger partial charge < -0.3 is 49.6 Å². The van der Waals surface area contributed by atoms with Crippen LogP contribution >= 0.6 is 0 Å². The lowest BCUT2D eigenvalue weighted by Gasteiger charge is -2.36. The van der Waals surface area contributed by atoms with Gasteiger partial charge in [0.2, 0.25) is 0 Å². The van der Waals surface area contributed by atoms with Gasteiger partial charge in [0.15, 0.2) is 11.2 Å². The number of carboxylic acids is 2. The van der Waals surface area contributed by atoms with E-state index < -0.39 is 35.1 Å². The molecule has 0 fully saturated rings. The van der Waals surface area contributed by atoms with Gasteiger partial charge >= 0.3 is 23.9 Å². The number of benzene rings is 6. The van der Waals surface area contributed by atoms with Crippen molar-refractivity contribution >= 4 is 23.9 Å². The van der Waals surface area contributed by atoms with Crippen molar-refractivity contribution in [3.63, 3.8) is 0 Å². The van der Waals surface area contributed by atoms with Gasteiger partial charge in [0.1, 0.15) is 46.0 Å². The molecule has 0 bridgehead atoms. The maximum Gasteiger partial charge on any atom is 0.414 e. The molecular weight excluding hydrogens is 728 g/mol. The fraction of sp³-hybridized carbons (Fsp3) is 0.0476. The van der Waals surface area contributed by atoms with Crippen LogP contribution in [0.3, 0.4) is 0 Å². The highest BCUT2D eigenvalue weighted by Crippen LogP contribution is 2.58. The largest absolute Gasteiger partial charge is 0.508 e. The Kier molecular flexibility index (Phi) is 8.04. The minimum absolute atomic E-state index is 0.0371. The molecule has 2 spiro atoms. The minimum atomic E-state index is -1.82. The van der Waals surface area contributed by atoms with Crippen LogP contribution in [0.2, 0.25) is 0 Å². The summed E-state index contributed by atoms with van der Waals surface area (Å²) >= 11 is 0.